The van der Waals surface area contributed by atoms with Crippen LogP contribution >= 0.6 is 0 Å². The minimum Gasteiger partial charge on any atom is -0.497 e. The number of fused-ring (bicyclic) bond motifs is 3. The highest BCUT2D eigenvalue weighted by Gasteiger charge is 2.44. The van der Waals surface area contributed by atoms with Crippen LogP contribution in [0.5, 0.6) is 5.75 Å². The van der Waals surface area contributed by atoms with Crippen molar-refractivity contribution in [3.05, 3.63) is 83.9 Å². The zero-order valence-corrected chi connectivity index (χ0v) is 20.4. The summed E-state index contributed by atoms with van der Waals surface area (Å²) in [6.45, 7) is 3.31. The Kier molecular flexibility index (Phi) is 5.48. The van der Waals surface area contributed by atoms with Crippen LogP contribution in [0.15, 0.2) is 72.8 Å². The highest BCUT2D eigenvalue weighted by molar-refractivity contribution is 6.01. The number of carbonyl (C=O) groups is 2. The van der Waals surface area contributed by atoms with E-state index in [4.69, 9.17) is 9.72 Å². The molecule has 0 radical (unpaired) electrons. The van der Waals surface area contributed by atoms with Crippen LogP contribution in [0.1, 0.15) is 30.0 Å². The fraction of sp³-hybridized carbons (Fsp3) is 0.276. The topological polar surface area (TPSA) is 67.7 Å². The third-order valence-electron chi connectivity index (χ3n) is 7.37. The van der Waals surface area contributed by atoms with E-state index in [1.165, 1.54) is 0 Å². The van der Waals surface area contributed by atoms with Gasteiger partial charge in [0.2, 0.25) is 17.8 Å². The molecule has 0 N–H and O–H groups in total. The van der Waals surface area contributed by atoms with E-state index in [-0.39, 0.29) is 11.8 Å². The van der Waals surface area contributed by atoms with Crippen LogP contribution in [-0.2, 0) is 16.1 Å². The van der Waals surface area contributed by atoms with Gasteiger partial charge < -0.3 is 14.2 Å². The van der Waals surface area contributed by atoms with E-state index >= 15 is 0 Å². The lowest BCUT2D eigenvalue weighted by Gasteiger charge is -2.41. The molecule has 1 fully saturated rings. The predicted octanol–water partition coefficient (Wildman–Crippen LogP) is 4.88. The first kappa shape index (κ1) is 22.3. The number of hydrogen-bond donors (Lipinski definition) is 0. The number of aromatic nitrogens is 2. The molecule has 7 heteroatoms. The van der Waals surface area contributed by atoms with Crippen molar-refractivity contribution in [2.45, 2.75) is 32.4 Å². The monoisotopic (exact) mass is 480 g/mol. The van der Waals surface area contributed by atoms with E-state index in [1.807, 2.05) is 89.5 Å². The molecule has 3 heterocycles. The summed E-state index contributed by atoms with van der Waals surface area (Å²) >= 11 is 0. The van der Waals surface area contributed by atoms with Crippen molar-refractivity contribution in [3.8, 4) is 5.75 Å². The number of para-hydroxylation sites is 2. The summed E-state index contributed by atoms with van der Waals surface area (Å²) in [6, 6.07) is 23.2. The molecule has 0 aliphatic carbocycles. The van der Waals surface area contributed by atoms with Gasteiger partial charge in [0.25, 0.3) is 0 Å². The summed E-state index contributed by atoms with van der Waals surface area (Å²) in [5, 5.41) is 0. The predicted molar refractivity (Wildman–Crippen MR) is 139 cm³/mol. The Morgan fingerprint density at radius 1 is 0.972 bits per heavy atom. The van der Waals surface area contributed by atoms with Gasteiger partial charge in [-0.2, -0.15) is 0 Å². The second-order valence-electron chi connectivity index (χ2n) is 9.50. The van der Waals surface area contributed by atoms with Gasteiger partial charge in [0.1, 0.15) is 5.75 Å². The van der Waals surface area contributed by atoms with Crippen molar-refractivity contribution in [1.29, 1.82) is 0 Å². The van der Waals surface area contributed by atoms with E-state index in [0.717, 1.165) is 33.6 Å². The van der Waals surface area contributed by atoms with Gasteiger partial charge in [-0.25, -0.2) is 4.98 Å². The quantitative estimate of drug-likeness (QED) is 0.417. The first-order valence-corrected chi connectivity index (χ1v) is 12.3. The summed E-state index contributed by atoms with van der Waals surface area (Å²) < 4.78 is 7.47. The van der Waals surface area contributed by atoms with E-state index < -0.39 is 12.0 Å². The minimum absolute atomic E-state index is 0.00878. The number of anilines is 2. The molecular formula is C29H28N4O3. The molecule has 2 aliphatic heterocycles. The standard InChI is InChI=1S/C29H28N4O3/c1-19-7-11-21(12-8-19)33-26(34)16-15-23(27(33)20-9-13-22(36-2)14-10-20)28(35)32-18-17-31-25-6-4-3-5-24(25)30-29(31)32/h3-14,23,27H,15-18H2,1-2H3. The highest BCUT2D eigenvalue weighted by Crippen LogP contribution is 2.42. The Bertz CT molecular complexity index is 1440. The molecule has 0 saturated carbocycles. The Hall–Kier alpha value is -4.13. The third-order valence-corrected chi connectivity index (χ3v) is 7.37. The fourth-order valence-corrected chi connectivity index (χ4v) is 5.54. The molecule has 2 amide bonds. The number of benzene rings is 3. The average molecular weight is 481 g/mol. The molecule has 3 aromatic carbocycles. The second kappa shape index (κ2) is 8.82. The second-order valence-corrected chi connectivity index (χ2v) is 9.50. The zero-order chi connectivity index (χ0) is 24.8. The summed E-state index contributed by atoms with van der Waals surface area (Å²) in [6.07, 6.45) is 0.814. The number of hydrogen-bond acceptors (Lipinski definition) is 4. The van der Waals surface area contributed by atoms with Crippen LogP contribution in [0.4, 0.5) is 11.6 Å². The fourth-order valence-electron chi connectivity index (χ4n) is 5.54. The van der Waals surface area contributed by atoms with E-state index in [0.29, 0.717) is 31.9 Å². The van der Waals surface area contributed by atoms with Crippen LogP contribution in [0, 0.1) is 12.8 Å². The smallest absolute Gasteiger partial charge is 0.234 e. The van der Waals surface area contributed by atoms with Crippen LogP contribution in [0.2, 0.25) is 0 Å². The Morgan fingerprint density at radius 2 is 1.72 bits per heavy atom. The number of nitrogens with zero attached hydrogens (tertiary/aromatic N) is 4. The average Bonchev–Trinajstić information content (AvgIpc) is 3.48. The molecular weight excluding hydrogens is 452 g/mol. The summed E-state index contributed by atoms with van der Waals surface area (Å²) in [4.78, 5) is 36.0. The summed E-state index contributed by atoms with van der Waals surface area (Å²) in [7, 11) is 1.63. The number of methoxy groups -OCH3 is 1. The summed E-state index contributed by atoms with van der Waals surface area (Å²) in [5.74, 6) is 1.06. The van der Waals surface area contributed by atoms with Crippen LogP contribution in [0.3, 0.4) is 0 Å². The molecule has 36 heavy (non-hydrogen) atoms. The lowest BCUT2D eigenvalue weighted by molar-refractivity contribution is -0.127. The molecule has 2 unspecified atom stereocenters. The zero-order valence-electron chi connectivity index (χ0n) is 20.4. The van der Waals surface area contributed by atoms with E-state index in [2.05, 4.69) is 4.57 Å². The normalized spacial score (nSPS) is 19.6. The Morgan fingerprint density at radius 3 is 2.47 bits per heavy atom. The Balaban J connectivity index is 1.42. The maximum atomic E-state index is 14.2. The molecule has 2 aliphatic rings. The Labute approximate surface area is 209 Å². The van der Waals surface area contributed by atoms with Gasteiger partial charge in [0.15, 0.2) is 0 Å². The van der Waals surface area contributed by atoms with Crippen molar-refractivity contribution in [2.75, 3.05) is 23.5 Å². The van der Waals surface area contributed by atoms with Gasteiger partial charge in [0, 0.05) is 25.2 Å². The molecule has 7 nitrogen and oxygen atoms in total. The van der Waals surface area contributed by atoms with Crippen molar-refractivity contribution in [2.24, 2.45) is 5.92 Å². The minimum atomic E-state index is -0.425. The maximum Gasteiger partial charge on any atom is 0.234 e. The SMILES string of the molecule is COc1ccc(C2C(C(=O)N3CCn4c3nc3ccccc34)CCC(=O)N2c2ccc(C)cc2)cc1. The molecule has 1 saturated heterocycles. The van der Waals surface area contributed by atoms with Crippen molar-refractivity contribution >= 4 is 34.5 Å². The summed E-state index contributed by atoms with van der Waals surface area (Å²) in [5.41, 5.74) is 4.76. The first-order valence-electron chi connectivity index (χ1n) is 12.3. The van der Waals surface area contributed by atoms with Crippen molar-refractivity contribution in [1.82, 2.24) is 9.55 Å². The van der Waals surface area contributed by atoms with Gasteiger partial charge in [-0.05, 0) is 55.3 Å². The number of aryl methyl sites for hydroxylation is 1. The molecule has 1 aromatic heterocycles. The van der Waals surface area contributed by atoms with Crippen LogP contribution in [-0.4, -0.2) is 35.0 Å². The van der Waals surface area contributed by atoms with Crippen LogP contribution < -0.4 is 14.5 Å². The van der Waals surface area contributed by atoms with Crippen molar-refractivity contribution in [3.63, 3.8) is 0 Å². The first-order chi connectivity index (χ1) is 17.5. The lowest BCUT2D eigenvalue weighted by Crippen LogP contribution is -2.49. The molecule has 0 spiro atoms. The maximum absolute atomic E-state index is 14.2. The van der Waals surface area contributed by atoms with Gasteiger partial charge in [-0.3, -0.25) is 14.5 Å². The highest BCUT2D eigenvalue weighted by atomic mass is 16.5. The van der Waals surface area contributed by atoms with E-state index in [9.17, 15) is 9.59 Å². The molecule has 6 rings (SSSR count). The van der Waals surface area contributed by atoms with Gasteiger partial charge in [0.05, 0.1) is 30.1 Å². The number of amides is 2. The van der Waals surface area contributed by atoms with Gasteiger partial charge in [-0.15, -0.1) is 0 Å². The number of piperidine rings is 1. The van der Waals surface area contributed by atoms with E-state index in [1.54, 1.807) is 7.11 Å². The van der Waals surface area contributed by atoms with Crippen LogP contribution in [0.25, 0.3) is 11.0 Å². The third kappa shape index (κ3) is 3.63. The number of rotatable bonds is 4. The van der Waals surface area contributed by atoms with Crippen molar-refractivity contribution < 1.29 is 14.3 Å². The van der Waals surface area contributed by atoms with Gasteiger partial charge in [-0.1, -0.05) is 42.0 Å². The molecule has 0 bridgehead atoms. The number of carbonyl (C=O) groups excluding carboxylic acids is 2. The number of imidazole rings is 1. The molecule has 182 valence electrons. The lowest BCUT2D eigenvalue weighted by atomic mass is 9.82. The molecule has 4 aromatic rings. The number of ether oxygens (including phenoxy) is 1. The largest absolute Gasteiger partial charge is 0.497 e. The van der Waals surface area contributed by atoms with Gasteiger partial charge >= 0.3 is 0 Å². The molecule has 2 atom stereocenters.